The van der Waals surface area contributed by atoms with Crippen molar-refractivity contribution >= 4 is 50.7 Å². The van der Waals surface area contributed by atoms with Gasteiger partial charge in [0.2, 0.25) is 21.8 Å². The number of nitrogens with one attached hydrogen (secondary N) is 1. The molecule has 0 fully saturated rings. The number of hydrogen-bond donors (Lipinski definition) is 1. The monoisotopic (exact) mass is 499 g/mol. The van der Waals surface area contributed by atoms with E-state index in [2.05, 4.69) is 5.32 Å². The average Bonchev–Trinajstić information content (AvgIpc) is 2.73. The lowest BCUT2D eigenvalue weighted by Gasteiger charge is -2.29. The van der Waals surface area contributed by atoms with E-state index in [1.54, 1.807) is 49.4 Å². The molecule has 2 rings (SSSR count). The maximum absolute atomic E-state index is 13.0. The van der Waals surface area contributed by atoms with Gasteiger partial charge in [0.25, 0.3) is 0 Å². The quantitative estimate of drug-likeness (QED) is 0.539. The summed E-state index contributed by atoms with van der Waals surface area (Å²) in [4.78, 5) is 26.7. The Morgan fingerprint density at radius 1 is 1.06 bits per heavy atom. The van der Waals surface area contributed by atoms with E-state index in [1.807, 2.05) is 6.07 Å². The molecule has 2 aromatic rings. The highest BCUT2D eigenvalue weighted by Gasteiger charge is 2.26. The third-order valence-electron chi connectivity index (χ3n) is 4.90. The van der Waals surface area contributed by atoms with E-state index in [-0.39, 0.29) is 37.7 Å². The van der Waals surface area contributed by atoms with E-state index in [1.165, 1.54) is 16.3 Å². The maximum Gasteiger partial charge on any atom is 0.242 e. The molecule has 0 aliphatic heterocycles. The minimum absolute atomic E-state index is 0.0640. The number of sulfonamides is 1. The molecular formula is C22H27Cl2N3O4S. The molecule has 174 valence electrons. The van der Waals surface area contributed by atoms with Crippen LogP contribution >= 0.6 is 23.2 Å². The number of benzene rings is 2. The largest absolute Gasteiger partial charge is 0.357 e. The highest BCUT2D eigenvalue weighted by Crippen LogP contribution is 2.23. The van der Waals surface area contributed by atoms with Crippen LogP contribution in [0.15, 0.2) is 48.5 Å². The Morgan fingerprint density at radius 2 is 1.69 bits per heavy atom. The molecule has 0 saturated carbocycles. The fourth-order valence-electron chi connectivity index (χ4n) is 3.26. The molecule has 7 nitrogen and oxygen atoms in total. The Hall–Kier alpha value is -2.29. The third kappa shape index (κ3) is 7.39. The Bertz CT molecular complexity index is 1060. The summed E-state index contributed by atoms with van der Waals surface area (Å²) in [5, 5.41) is 3.51. The summed E-state index contributed by atoms with van der Waals surface area (Å²) in [6.07, 6.45) is 1.44. The van der Waals surface area contributed by atoms with Crippen LogP contribution in [-0.4, -0.2) is 51.0 Å². The zero-order chi connectivity index (χ0) is 23.9. The number of nitrogens with zero attached hydrogens (tertiary/aromatic N) is 2. The van der Waals surface area contributed by atoms with E-state index >= 15 is 0 Å². The van der Waals surface area contributed by atoms with Crippen LogP contribution in [-0.2, 0) is 26.2 Å². The van der Waals surface area contributed by atoms with Crippen LogP contribution < -0.4 is 9.62 Å². The number of anilines is 1. The lowest BCUT2D eigenvalue weighted by Crippen LogP contribution is -2.46. The Morgan fingerprint density at radius 3 is 2.25 bits per heavy atom. The predicted molar refractivity (Wildman–Crippen MR) is 128 cm³/mol. The predicted octanol–water partition coefficient (Wildman–Crippen LogP) is 3.70. The fraction of sp³-hybridized carbons (Fsp3) is 0.364. The molecule has 0 unspecified atom stereocenters. The summed E-state index contributed by atoms with van der Waals surface area (Å²) in [6.45, 7) is 1.96. The highest BCUT2D eigenvalue weighted by molar-refractivity contribution is 7.92. The van der Waals surface area contributed by atoms with Crippen LogP contribution in [0.4, 0.5) is 5.69 Å². The van der Waals surface area contributed by atoms with Gasteiger partial charge in [-0.15, -0.1) is 0 Å². The Kier molecular flexibility index (Phi) is 9.36. The van der Waals surface area contributed by atoms with Gasteiger partial charge in [0.15, 0.2) is 0 Å². The molecule has 10 heteroatoms. The normalized spacial score (nSPS) is 12.2. The lowest BCUT2D eigenvalue weighted by atomic mass is 10.1. The summed E-state index contributed by atoms with van der Waals surface area (Å²) >= 11 is 12.1. The number of amides is 2. The second kappa shape index (κ2) is 11.5. The summed E-state index contributed by atoms with van der Waals surface area (Å²) in [7, 11) is -2.06. The van der Waals surface area contributed by atoms with E-state index in [0.717, 1.165) is 11.8 Å². The molecule has 0 spiro atoms. The molecule has 0 radical (unpaired) electrons. The number of halogens is 2. The first-order valence-electron chi connectivity index (χ1n) is 10.0. The SMILES string of the molecule is CNC(=O)[C@H](C)N(Cc1cccc(Cl)c1)C(=O)CCCN(c1cccc(Cl)c1)S(C)(=O)=O. The van der Waals surface area contributed by atoms with Gasteiger partial charge in [-0.2, -0.15) is 0 Å². The van der Waals surface area contributed by atoms with Gasteiger partial charge in [0, 0.05) is 36.6 Å². The zero-order valence-electron chi connectivity index (χ0n) is 18.2. The fourth-order valence-corrected chi connectivity index (χ4v) is 4.61. The molecule has 1 N–H and O–H groups in total. The van der Waals surface area contributed by atoms with Crippen molar-refractivity contribution in [3.05, 3.63) is 64.1 Å². The van der Waals surface area contributed by atoms with Gasteiger partial charge in [0.05, 0.1) is 11.9 Å². The summed E-state index contributed by atoms with van der Waals surface area (Å²) in [5.74, 6) is -0.558. The zero-order valence-corrected chi connectivity index (χ0v) is 20.5. The van der Waals surface area contributed by atoms with Crippen molar-refractivity contribution < 1.29 is 18.0 Å². The van der Waals surface area contributed by atoms with Crippen molar-refractivity contribution in [1.82, 2.24) is 10.2 Å². The first kappa shape index (κ1) is 26.0. The first-order valence-corrected chi connectivity index (χ1v) is 12.6. The van der Waals surface area contributed by atoms with Crippen molar-refractivity contribution in [2.24, 2.45) is 0 Å². The van der Waals surface area contributed by atoms with Crippen molar-refractivity contribution in [3.8, 4) is 0 Å². The van der Waals surface area contributed by atoms with Crippen LogP contribution in [0, 0.1) is 0 Å². The molecule has 1 atom stereocenters. The number of rotatable bonds is 10. The van der Waals surface area contributed by atoms with Gasteiger partial charge in [-0.1, -0.05) is 41.4 Å². The van der Waals surface area contributed by atoms with Crippen LogP contribution in [0.5, 0.6) is 0 Å². The second-order valence-corrected chi connectivity index (χ2v) is 10.1. The minimum atomic E-state index is -3.57. The van der Waals surface area contributed by atoms with Crippen molar-refractivity contribution in [1.29, 1.82) is 0 Å². The van der Waals surface area contributed by atoms with E-state index < -0.39 is 16.1 Å². The second-order valence-electron chi connectivity index (χ2n) is 7.36. The summed E-state index contributed by atoms with van der Waals surface area (Å²) < 4.78 is 25.8. The van der Waals surface area contributed by atoms with Gasteiger partial charge in [-0.05, 0) is 49.2 Å². The Labute approximate surface area is 199 Å². The van der Waals surface area contributed by atoms with E-state index in [4.69, 9.17) is 23.2 Å². The number of carbonyl (C=O) groups is 2. The summed E-state index contributed by atoms with van der Waals surface area (Å²) in [5.41, 5.74) is 1.22. The lowest BCUT2D eigenvalue weighted by molar-refractivity contribution is -0.140. The molecular weight excluding hydrogens is 473 g/mol. The molecule has 0 aliphatic rings. The molecule has 0 aromatic heterocycles. The molecule has 0 bridgehead atoms. The van der Waals surface area contributed by atoms with Gasteiger partial charge in [-0.3, -0.25) is 13.9 Å². The van der Waals surface area contributed by atoms with Crippen LogP contribution in [0.1, 0.15) is 25.3 Å². The van der Waals surface area contributed by atoms with Gasteiger partial charge < -0.3 is 10.2 Å². The van der Waals surface area contributed by atoms with Gasteiger partial charge in [0.1, 0.15) is 6.04 Å². The molecule has 0 saturated heterocycles. The van der Waals surface area contributed by atoms with Crippen molar-refractivity contribution in [3.63, 3.8) is 0 Å². The van der Waals surface area contributed by atoms with Crippen LogP contribution in [0.25, 0.3) is 0 Å². The van der Waals surface area contributed by atoms with Crippen LogP contribution in [0.2, 0.25) is 10.0 Å². The van der Waals surface area contributed by atoms with Crippen LogP contribution in [0.3, 0.4) is 0 Å². The third-order valence-corrected chi connectivity index (χ3v) is 6.57. The maximum atomic E-state index is 13.0. The van der Waals surface area contributed by atoms with Gasteiger partial charge in [-0.25, -0.2) is 8.42 Å². The highest BCUT2D eigenvalue weighted by atomic mass is 35.5. The standard InChI is InChI=1S/C22H27Cl2N3O4S/c1-16(22(29)25-2)26(15-17-7-4-8-18(23)13-17)21(28)11-6-12-27(32(3,30)31)20-10-5-9-19(24)14-20/h4-5,7-10,13-14,16H,6,11-12,15H2,1-3H3,(H,25,29)/t16-/m0/s1. The number of hydrogen-bond acceptors (Lipinski definition) is 4. The minimum Gasteiger partial charge on any atom is -0.357 e. The van der Waals surface area contributed by atoms with E-state index in [9.17, 15) is 18.0 Å². The topological polar surface area (TPSA) is 86.8 Å². The average molecular weight is 500 g/mol. The molecule has 2 amide bonds. The van der Waals surface area contributed by atoms with E-state index in [0.29, 0.717) is 15.7 Å². The van der Waals surface area contributed by atoms with Crippen molar-refractivity contribution in [2.45, 2.75) is 32.4 Å². The summed E-state index contributed by atoms with van der Waals surface area (Å²) in [6, 6.07) is 12.9. The molecule has 0 heterocycles. The molecule has 32 heavy (non-hydrogen) atoms. The first-order chi connectivity index (χ1) is 15.0. The van der Waals surface area contributed by atoms with Gasteiger partial charge >= 0.3 is 0 Å². The Balaban J connectivity index is 2.14. The number of likely N-dealkylation sites (N-methyl/N-ethyl adjacent to an activating group) is 1. The smallest absolute Gasteiger partial charge is 0.242 e. The molecule has 0 aliphatic carbocycles. The van der Waals surface area contributed by atoms with Crippen molar-refractivity contribution in [2.75, 3.05) is 24.2 Å². The molecule has 2 aromatic carbocycles. The number of carbonyl (C=O) groups excluding carboxylic acids is 2.